The number of nitrogens with zero attached hydrogens (tertiary/aromatic N) is 1. The Morgan fingerprint density at radius 3 is 2.92 bits per heavy atom. The van der Waals surface area contributed by atoms with Crippen LogP contribution in [-0.2, 0) is 4.79 Å². The summed E-state index contributed by atoms with van der Waals surface area (Å²) in [6, 6.07) is 7.36. The SMILES string of the molecule is COc1ccc2nc(NC(=O)CCCNC(=O)c3ccsc3)sc2c1. The van der Waals surface area contributed by atoms with E-state index in [4.69, 9.17) is 4.74 Å². The normalized spacial score (nSPS) is 10.6. The number of nitrogens with one attached hydrogen (secondary N) is 2. The number of benzene rings is 1. The second-order valence-corrected chi connectivity index (χ2v) is 7.08. The van der Waals surface area contributed by atoms with Gasteiger partial charge in [0.05, 0.1) is 17.3 Å². The van der Waals surface area contributed by atoms with Gasteiger partial charge in [-0.2, -0.15) is 11.3 Å². The highest BCUT2D eigenvalue weighted by Gasteiger charge is 2.09. The minimum Gasteiger partial charge on any atom is -0.497 e. The van der Waals surface area contributed by atoms with Gasteiger partial charge in [0.1, 0.15) is 5.75 Å². The van der Waals surface area contributed by atoms with Crippen molar-refractivity contribution in [2.75, 3.05) is 19.0 Å². The van der Waals surface area contributed by atoms with Gasteiger partial charge in [-0.05, 0) is 36.1 Å². The van der Waals surface area contributed by atoms with Crippen molar-refractivity contribution in [3.8, 4) is 5.75 Å². The highest BCUT2D eigenvalue weighted by Crippen LogP contribution is 2.29. The summed E-state index contributed by atoms with van der Waals surface area (Å²) >= 11 is 2.88. The fourth-order valence-electron chi connectivity index (χ4n) is 2.21. The van der Waals surface area contributed by atoms with Gasteiger partial charge in [-0.15, -0.1) is 0 Å². The van der Waals surface area contributed by atoms with Crippen LogP contribution in [0.4, 0.5) is 5.13 Å². The number of aromatic nitrogens is 1. The molecular formula is C17H17N3O3S2. The van der Waals surface area contributed by atoms with Gasteiger partial charge in [0.15, 0.2) is 5.13 Å². The number of thiophene rings is 1. The molecule has 0 saturated carbocycles. The van der Waals surface area contributed by atoms with E-state index in [9.17, 15) is 9.59 Å². The fraction of sp³-hybridized carbons (Fsp3) is 0.235. The number of thiazole rings is 1. The molecule has 130 valence electrons. The summed E-state index contributed by atoms with van der Waals surface area (Å²) in [6.07, 6.45) is 0.892. The third-order valence-corrected chi connectivity index (χ3v) is 5.11. The van der Waals surface area contributed by atoms with Crippen LogP contribution in [0.5, 0.6) is 5.75 Å². The van der Waals surface area contributed by atoms with Crippen molar-refractivity contribution in [3.05, 3.63) is 40.6 Å². The predicted octanol–water partition coefficient (Wildman–Crippen LogP) is 3.52. The van der Waals surface area contributed by atoms with Gasteiger partial charge in [0.25, 0.3) is 5.91 Å². The van der Waals surface area contributed by atoms with E-state index in [0.717, 1.165) is 16.0 Å². The lowest BCUT2D eigenvalue weighted by Crippen LogP contribution is -2.25. The molecule has 2 aromatic heterocycles. The van der Waals surface area contributed by atoms with Gasteiger partial charge in [0, 0.05) is 23.9 Å². The second-order valence-electron chi connectivity index (χ2n) is 5.27. The molecule has 3 aromatic rings. The molecule has 0 spiro atoms. The van der Waals surface area contributed by atoms with Crippen LogP contribution in [0.3, 0.4) is 0 Å². The average Bonchev–Trinajstić information content (AvgIpc) is 3.26. The number of carbonyl (C=O) groups is 2. The molecule has 2 N–H and O–H groups in total. The Morgan fingerprint density at radius 2 is 2.16 bits per heavy atom. The van der Waals surface area contributed by atoms with E-state index >= 15 is 0 Å². The third-order valence-electron chi connectivity index (χ3n) is 3.49. The van der Waals surface area contributed by atoms with E-state index in [1.165, 1.54) is 22.7 Å². The first kappa shape index (κ1) is 17.4. The molecule has 0 saturated heterocycles. The minimum atomic E-state index is -0.115. The number of methoxy groups -OCH3 is 1. The van der Waals surface area contributed by atoms with Crippen molar-refractivity contribution >= 4 is 49.8 Å². The van der Waals surface area contributed by atoms with Crippen LogP contribution in [0.25, 0.3) is 10.2 Å². The Hall–Kier alpha value is -2.45. The van der Waals surface area contributed by atoms with Gasteiger partial charge in [-0.25, -0.2) is 4.98 Å². The number of ether oxygens (including phenoxy) is 1. The standard InChI is InChI=1S/C17H17N3O3S2/c1-23-12-4-5-13-14(9-12)25-17(19-13)20-15(21)3-2-7-18-16(22)11-6-8-24-10-11/h4-6,8-10H,2-3,7H2,1H3,(H,18,22)(H,19,20,21). The number of hydrogen-bond acceptors (Lipinski definition) is 6. The lowest BCUT2D eigenvalue weighted by molar-refractivity contribution is -0.116. The molecule has 0 aliphatic rings. The van der Waals surface area contributed by atoms with Crippen LogP contribution >= 0.6 is 22.7 Å². The molecule has 6 nitrogen and oxygen atoms in total. The van der Waals surface area contributed by atoms with E-state index in [0.29, 0.717) is 30.1 Å². The predicted molar refractivity (Wildman–Crippen MR) is 101 cm³/mol. The quantitative estimate of drug-likeness (QED) is 0.619. The zero-order valence-electron chi connectivity index (χ0n) is 13.6. The second kappa shape index (κ2) is 8.09. The van der Waals surface area contributed by atoms with Crippen molar-refractivity contribution in [1.29, 1.82) is 0 Å². The molecular weight excluding hydrogens is 358 g/mol. The first-order valence-electron chi connectivity index (χ1n) is 7.70. The summed E-state index contributed by atoms with van der Waals surface area (Å²) in [5, 5.41) is 9.82. The maximum atomic E-state index is 12.0. The van der Waals surface area contributed by atoms with Gasteiger partial charge < -0.3 is 15.4 Å². The Labute approximate surface area is 152 Å². The van der Waals surface area contributed by atoms with Crippen molar-refractivity contribution in [1.82, 2.24) is 10.3 Å². The molecule has 2 amide bonds. The van der Waals surface area contributed by atoms with Crippen LogP contribution in [-0.4, -0.2) is 30.5 Å². The molecule has 0 bridgehead atoms. The summed E-state index contributed by atoms with van der Waals surface area (Å²) in [6.45, 7) is 0.457. The molecule has 0 unspecified atom stereocenters. The monoisotopic (exact) mass is 375 g/mol. The third kappa shape index (κ3) is 4.55. The molecule has 1 aromatic carbocycles. The van der Waals surface area contributed by atoms with Gasteiger partial charge in [0.2, 0.25) is 5.91 Å². The van der Waals surface area contributed by atoms with Crippen LogP contribution in [0.15, 0.2) is 35.0 Å². The summed E-state index contributed by atoms with van der Waals surface area (Å²) in [5.74, 6) is 0.535. The Kier molecular flexibility index (Phi) is 5.62. The molecule has 0 aliphatic carbocycles. The van der Waals surface area contributed by atoms with Crippen LogP contribution < -0.4 is 15.4 Å². The molecule has 0 fully saturated rings. The Balaban J connectivity index is 1.45. The van der Waals surface area contributed by atoms with Crippen molar-refractivity contribution in [3.63, 3.8) is 0 Å². The lowest BCUT2D eigenvalue weighted by atomic mass is 10.2. The van der Waals surface area contributed by atoms with E-state index in [-0.39, 0.29) is 11.8 Å². The van der Waals surface area contributed by atoms with E-state index in [1.54, 1.807) is 18.6 Å². The van der Waals surface area contributed by atoms with Crippen molar-refractivity contribution in [2.45, 2.75) is 12.8 Å². The molecule has 0 atom stereocenters. The highest BCUT2D eigenvalue weighted by molar-refractivity contribution is 7.22. The zero-order chi connectivity index (χ0) is 17.6. The lowest BCUT2D eigenvalue weighted by Gasteiger charge is -2.04. The number of hydrogen-bond donors (Lipinski definition) is 2. The highest BCUT2D eigenvalue weighted by atomic mass is 32.1. The van der Waals surface area contributed by atoms with E-state index in [2.05, 4.69) is 15.6 Å². The largest absolute Gasteiger partial charge is 0.497 e. The molecule has 25 heavy (non-hydrogen) atoms. The van der Waals surface area contributed by atoms with Crippen molar-refractivity contribution < 1.29 is 14.3 Å². The fourth-order valence-corrected chi connectivity index (χ4v) is 3.76. The van der Waals surface area contributed by atoms with Crippen molar-refractivity contribution in [2.24, 2.45) is 0 Å². The number of carbonyl (C=O) groups excluding carboxylic acids is 2. The van der Waals surface area contributed by atoms with Gasteiger partial charge in [-0.1, -0.05) is 11.3 Å². The maximum Gasteiger partial charge on any atom is 0.252 e. The molecule has 3 rings (SSSR count). The number of anilines is 1. The summed E-state index contributed by atoms with van der Waals surface area (Å²) in [4.78, 5) is 28.2. The average molecular weight is 375 g/mol. The molecule has 0 radical (unpaired) electrons. The summed E-state index contributed by atoms with van der Waals surface area (Å²) in [5.41, 5.74) is 1.48. The summed E-state index contributed by atoms with van der Waals surface area (Å²) < 4.78 is 6.14. The first-order chi connectivity index (χ1) is 12.2. The number of fused-ring (bicyclic) bond motifs is 1. The summed E-state index contributed by atoms with van der Waals surface area (Å²) in [7, 11) is 1.61. The molecule has 8 heteroatoms. The minimum absolute atomic E-state index is 0.109. The van der Waals surface area contributed by atoms with E-state index < -0.39 is 0 Å². The van der Waals surface area contributed by atoms with Gasteiger partial charge >= 0.3 is 0 Å². The maximum absolute atomic E-state index is 12.0. The topological polar surface area (TPSA) is 80.3 Å². The zero-order valence-corrected chi connectivity index (χ0v) is 15.2. The number of rotatable bonds is 7. The number of amides is 2. The Morgan fingerprint density at radius 1 is 1.28 bits per heavy atom. The Bertz CT molecular complexity index is 875. The van der Waals surface area contributed by atoms with E-state index in [1.807, 2.05) is 23.6 Å². The smallest absolute Gasteiger partial charge is 0.252 e. The van der Waals surface area contributed by atoms with Gasteiger partial charge in [-0.3, -0.25) is 9.59 Å². The van der Waals surface area contributed by atoms with Crippen LogP contribution in [0, 0.1) is 0 Å². The van der Waals surface area contributed by atoms with Crippen LogP contribution in [0.1, 0.15) is 23.2 Å². The van der Waals surface area contributed by atoms with Crippen LogP contribution in [0.2, 0.25) is 0 Å². The molecule has 0 aliphatic heterocycles. The molecule has 2 heterocycles. The first-order valence-corrected chi connectivity index (χ1v) is 9.46.